The SMILES string of the molecule is Clc1ccccc1[C@H]1CCN(CCc2cn[nH]c2)C1. The van der Waals surface area contributed by atoms with Crippen LogP contribution in [0.2, 0.25) is 5.02 Å². The second-order valence-corrected chi connectivity index (χ2v) is 5.57. The molecule has 0 saturated carbocycles. The molecule has 0 radical (unpaired) electrons. The first-order valence-corrected chi connectivity index (χ1v) is 7.15. The molecule has 2 heterocycles. The largest absolute Gasteiger partial charge is 0.302 e. The molecule has 1 aliphatic rings. The fraction of sp³-hybridized carbons (Fsp3) is 0.400. The number of halogens is 1. The summed E-state index contributed by atoms with van der Waals surface area (Å²) in [5, 5.41) is 7.75. The fourth-order valence-corrected chi connectivity index (χ4v) is 3.09. The van der Waals surface area contributed by atoms with Crippen LogP contribution in [0.3, 0.4) is 0 Å². The molecule has 1 aromatic heterocycles. The summed E-state index contributed by atoms with van der Waals surface area (Å²) in [6.07, 6.45) is 6.14. The van der Waals surface area contributed by atoms with E-state index in [9.17, 15) is 0 Å². The van der Waals surface area contributed by atoms with Crippen LogP contribution in [0.5, 0.6) is 0 Å². The molecule has 1 N–H and O–H groups in total. The first-order valence-electron chi connectivity index (χ1n) is 6.77. The number of nitrogens with zero attached hydrogens (tertiary/aromatic N) is 2. The van der Waals surface area contributed by atoms with Crippen molar-refractivity contribution in [1.82, 2.24) is 15.1 Å². The Morgan fingerprint density at radius 2 is 2.26 bits per heavy atom. The van der Waals surface area contributed by atoms with Gasteiger partial charge in [0.1, 0.15) is 0 Å². The molecular formula is C15H18ClN3. The van der Waals surface area contributed by atoms with Crippen molar-refractivity contribution < 1.29 is 0 Å². The smallest absolute Gasteiger partial charge is 0.0519 e. The van der Waals surface area contributed by atoms with Crippen LogP contribution in [0.25, 0.3) is 0 Å². The van der Waals surface area contributed by atoms with E-state index >= 15 is 0 Å². The predicted octanol–water partition coefficient (Wildman–Crippen LogP) is 3.10. The molecule has 3 nitrogen and oxygen atoms in total. The molecule has 100 valence electrons. The van der Waals surface area contributed by atoms with Crippen LogP contribution in [0.1, 0.15) is 23.5 Å². The number of benzene rings is 1. The third kappa shape index (κ3) is 2.99. The highest BCUT2D eigenvalue weighted by molar-refractivity contribution is 6.31. The number of aromatic amines is 1. The highest BCUT2D eigenvalue weighted by Crippen LogP contribution is 2.31. The van der Waals surface area contributed by atoms with E-state index in [1.165, 1.54) is 17.5 Å². The van der Waals surface area contributed by atoms with Crippen LogP contribution in [0, 0.1) is 0 Å². The molecule has 1 fully saturated rings. The van der Waals surface area contributed by atoms with Crippen LogP contribution in [0.15, 0.2) is 36.7 Å². The van der Waals surface area contributed by atoms with Crippen molar-refractivity contribution in [2.45, 2.75) is 18.8 Å². The standard InChI is InChI=1S/C15H18ClN3/c16-15-4-2-1-3-14(15)13-6-8-19(11-13)7-5-12-9-17-18-10-12/h1-4,9-10,13H,5-8,11H2,(H,17,18)/t13-/m0/s1. The third-order valence-electron chi connectivity index (χ3n) is 3.89. The summed E-state index contributed by atoms with van der Waals surface area (Å²) in [6, 6.07) is 8.23. The van der Waals surface area contributed by atoms with Gasteiger partial charge in [-0.3, -0.25) is 5.10 Å². The molecule has 0 amide bonds. The Hall–Kier alpha value is -1.32. The highest BCUT2D eigenvalue weighted by atomic mass is 35.5. The fourth-order valence-electron chi connectivity index (χ4n) is 2.80. The van der Waals surface area contributed by atoms with Crippen molar-refractivity contribution in [2.24, 2.45) is 0 Å². The Morgan fingerprint density at radius 3 is 3.05 bits per heavy atom. The zero-order valence-electron chi connectivity index (χ0n) is 10.8. The normalized spacial score (nSPS) is 19.9. The number of nitrogens with one attached hydrogen (secondary N) is 1. The van der Waals surface area contributed by atoms with Gasteiger partial charge >= 0.3 is 0 Å². The summed E-state index contributed by atoms with van der Waals surface area (Å²) >= 11 is 6.28. The van der Waals surface area contributed by atoms with Crippen molar-refractivity contribution in [3.05, 3.63) is 52.8 Å². The summed E-state index contributed by atoms with van der Waals surface area (Å²) in [5.74, 6) is 0.582. The van der Waals surface area contributed by atoms with E-state index in [2.05, 4.69) is 27.2 Å². The van der Waals surface area contributed by atoms with Gasteiger partial charge < -0.3 is 4.90 Å². The van der Waals surface area contributed by atoms with Gasteiger partial charge in [-0.05, 0) is 42.5 Å². The first-order chi connectivity index (χ1) is 9.33. The molecule has 0 bridgehead atoms. The van der Waals surface area contributed by atoms with Crippen LogP contribution in [-0.4, -0.2) is 34.7 Å². The van der Waals surface area contributed by atoms with E-state index in [-0.39, 0.29) is 0 Å². The molecule has 4 heteroatoms. The maximum absolute atomic E-state index is 6.28. The molecule has 3 rings (SSSR count). The minimum atomic E-state index is 0.582. The van der Waals surface area contributed by atoms with Gasteiger partial charge in [0.15, 0.2) is 0 Å². The zero-order chi connectivity index (χ0) is 13.1. The maximum Gasteiger partial charge on any atom is 0.0519 e. The van der Waals surface area contributed by atoms with E-state index in [0.29, 0.717) is 5.92 Å². The molecule has 0 aliphatic carbocycles. The van der Waals surface area contributed by atoms with Gasteiger partial charge in [-0.25, -0.2) is 0 Å². The minimum absolute atomic E-state index is 0.582. The van der Waals surface area contributed by atoms with Crippen molar-refractivity contribution >= 4 is 11.6 Å². The molecule has 19 heavy (non-hydrogen) atoms. The second-order valence-electron chi connectivity index (χ2n) is 5.16. The summed E-state index contributed by atoms with van der Waals surface area (Å²) in [6.45, 7) is 3.37. The lowest BCUT2D eigenvalue weighted by Gasteiger charge is -2.16. The van der Waals surface area contributed by atoms with E-state index in [1.807, 2.05) is 24.5 Å². The lowest BCUT2D eigenvalue weighted by molar-refractivity contribution is 0.339. The topological polar surface area (TPSA) is 31.9 Å². The van der Waals surface area contributed by atoms with E-state index in [4.69, 9.17) is 11.6 Å². The van der Waals surface area contributed by atoms with Crippen LogP contribution < -0.4 is 0 Å². The quantitative estimate of drug-likeness (QED) is 0.930. The summed E-state index contributed by atoms with van der Waals surface area (Å²) in [4.78, 5) is 2.51. The minimum Gasteiger partial charge on any atom is -0.302 e. The van der Waals surface area contributed by atoms with Crippen molar-refractivity contribution in [2.75, 3.05) is 19.6 Å². The lowest BCUT2D eigenvalue weighted by Crippen LogP contribution is -2.23. The van der Waals surface area contributed by atoms with Gasteiger partial charge in [0.05, 0.1) is 6.20 Å². The summed E-state index contributed by atoms with van der Waals surface area (Å²) in [7, 11) is 0. The Kier molecular flexibility index (Phi) is 3.85. The Labute approximate surface area is 118 Å². The van der Waals surface area contributed by atoms with Gasteiger partial charge in [-0.2, -0.15) is 5.10 Å². The molecule has 0 unspecified atom stereocenters. The van der Waals surface area contributed by atoms with Gasteiger partial charge in [0.2, 0.25) is 0 Å². The van der Waals surface area contributed by atoms with E-state index in [0.717, 1.165) is 31.1 Å². The Balaban J connectivity index is 1.57. The average Bonchev–Trinajstić information content (AvgIpc) is 3.08. The third-order valence-corrected chi connectivity index (χ3v) is 4.23. The van der Waals surface area contributed by atoms with Gasteiger partial charge in [-0.15, -0.1) is 0 Å². The molecule has 1 aromatic carbocycles. The first kappa shape index (κ1) is 12.7. The molecule has 1 atom stereocenters. The van der Waals surface area contributed by atoms with Crippen molar-refractivity contribution in [1.29, 1.82) is 0 Å². The highest BCUT2D eigenvalue weighted by Gasteiger charge is 2.24. The van der Waals surface area contributed by atoms with Crippen LogP contribution in [0.4, 0.5) is 0 Å². The number of likely N-dealkylation sites (tertiary alicyclic amines) is 1. The molecular weight excluding hydrogens is 258 g/mol. The van der Waals surface area contributed by atoms with E-state index < -0.39 is 0 Å². The average molecular weight is 276 g/mol. The predicted molar refractivity (Wildman–Crippen MR) is 77.5 cm³/mol. The monoisotopic (exact) mass is 275 g/mol. The number of rotatable bonds is 4. The van der Waals surface area contributed by atoms with Gasteiger partial charge in [0.25, 0.3) is 0 Å². The Bertz CT molecular complexity index is 524. The van der Waals surface area contributed by atoms with Gasteiger partial charge in [-0.1, -0.05) is 29.8 Å². The zero-order valence-corrected chi connectivity index (χ0v) is 11.6. The molecule has 1 saturated heterocycles. The molecule has 1 aliphatic heterocycles. The van der Waals surface area contributed by atoms with Crippen LogP contribution in [-0.2, 0) is 6.42 Å². The number of hydrogen-bond acceptors (Lipinski definition) is 2. The lowest BCUT2D eigenvalue weighted by atomic mass is 9.98. The van der Waals surface area contributed by atoms with E-state index in [1.54, 1.807) is 0 Å². The molecule has 2 aromatic rings. The summed E-state index contributed by atoms with van der Waals surface area (Å²) < 4.78 is 0. The second kappa shape index (κ2) is 5.76. The maximum atomic E-state index is 6.28. The number of aromatic nitrogens is 2. The summed E-state index contributed by atoms with van der Waals surface area (Å²) in [5.41, 5.74) is 2.58. The number of hydrogen-bond donors (Lipinski definition) is 1. The van der Waals surface area contributed by atoms with Gasteiger partial charge in [0, 0.05) is 24.3 Å². The number of H-pyrrole nitrogens is 1. The molecule has 0 spiro atoms. The van der Waals surface area contributed by atoms with Crippen molar-refractivity contribution in [3.8, 4) is 0 Å². The Morgan fingerprint density at radius 1 is 1.37 bits per heavy atom. The van der Waals surface area contributed by atoms with Crippen molar-refractivity contribution in [3.63, 3.8) is 0 Å². The van der Waals surface area contributed by atoms with Crippen LogP contribution >= 0.6 is 11.6 Å².